The van der Waals surface area contributed by atoms with Gasteiger partial charge < -0.3 is 9.88 Å². The number of alkyl halides is 4. The summed E-state index contributed by atoms with van der Waals surface area (Å²) in [4.78, 5) is 0. The molecule has 0 amide bonds. The molecular weight excluding hydrogens is 252 g/mol. The molecule has 0 radical (unpaired) electrons. The van der Waals surface area contributed by atoms with Gasteiger partial charge in [0.15, 0.2) is 5.82 Å². The van der Waals surface area contributed by atoms with Gasteiger partial charge in [0.05, 0.1) is 6.04 Å². The van der Waals surface area contributed by atoms with Crippen LogP contribution in [0.4, 0.5) is 17.6 Å². The molecule has 4 nitrogen and oxygen atoms in total. The third kappa shape index (κ3) is 1.70. The fraction of sp³-hybridized carbons (Fsp3) is 0.800. The summed E-state index contributed by atoms with van der Waals surface area (Å²) >= 11 is 0. The van der Waals surface area contributed by atoms with Crippen LogP contribution >= 0.6 is 0 Å². The van der Waals surface area contributed by atoms with Crippen LogP contribution in [-0.2, 0) is 12.5 Å². The highest BCUT2D eigenvalue weighted by molar-refractivity contribution is 5.12. The molecule has 1 fully saturated rings. The van der Waals surface area contributed by atoms with Gasteiger partial charge in [0, 0.05) is 13.1 Å². The molecule has 1 aliphatic carbocycles. The largest absolute Gasteiger partial charge is 0.365 e. The average molecular weight is 264 g/mol. The van der Waals surface area contributed by atoms with E-state index in [0.29, 0.717) is 18.3 Å². The third-order valence-electron chi connectivity index (χ3n) is 3.42. The van der Waals surface area contributed by atoms with E-state index in [2.05, 4.69) is 15.5 Å². The highest BCUT2D eigenvalue weighted by Gasteiger charge is 2.49. The predicted octanol–water partition coefficient (Wildman–Crippen LogP) is 1.69. The van der Waals surface area contributed by atoms with Crippen molar-refractivity contribution in [1.29, 1.82) is 0 Å². The van der Waals surface area contributed by atoms with Crippen LogP contribution in [0.1, 0.15) is 30.5 Å². The molecule has 2 aliphatic rings. The lowest BCUT2D eigenvalue weighted by atomic mass is 10.1. The van der Waals surface area contributed by atoms with E-state index in [4.69, 9.17) is 0 Å². The molecular formula is C10H12F4N4. The highest BCUT2D eigenvalue weighted by atomic mass is 19.3. The lowest BCUT2D eigenvalue weighted by Gasteiger charge is -2.26. The maximum atomic E-state index is 13.3. The number of hydrogen-bond acceptors (Lipinski definition) is 3. The molecule has 0 bridgehead atoms. The lowest BCUT2D eigenvalue weighted by molar-refractivity contribution is -0.143. The Morgan fingerprint density at radius 2 is 2.00 bits per heavy atom. The average Bonchev–Trinajstić information content (AvgIpc) is 3.06. The fourth-order valence-electron chi connectivity index (χ4n) is 2.34. The van der Waals surface area contributed by atoms with Crippen molar-refractivity contribution in [3.8, 4) is 0 Å². The third-order valence-corrected chi connectivity index (χ3v) is 3.42. The van der Waals surface area contributed by atoms with E-state index < -0.39 is 18.2 Å². The normalized spacial score (nSPS) is 24.4. The molecule has 0 spiro atoms. The van der Waals surface area contributed by atoms with E-state index in [1.54, 1.807) is 0 Å². The lowest BCUT2D eigenvalue weighted by Crippen LogP contribution is -2.37. The Bertz CT molecular complexity index is 455. The Balaban J connectivity index is 1.99. The van der Waals surface area contributed by atoms with Crippen LogP contribution in [-0.4, -0.2) is 27.7 Å². The van der Waals surface area contributed by atoms with Gasteiger partial charge >= 0.3 is 12.3 Å². The summed E-state index contributed by atoms with van der Waals surface area (Å²) in [5.74, 6) is -4.43. The minimum absolute atomic E-state index is 0.131. The molecule has 18 heavy (non-hydrogen) atoms. The van der Waals surface area contributed by atoms with E-state index in [0.717, 1.165) is 17.4 Å². The molecule has 1 N–H and O–H groups in total. The van der Waals surface area contributed by atoms with E-state index in [1.807, 2.05) is 0 Å². The Morgan fingerprint density at radius 1 is 1.28 bits per heavy atom. The molecule has 0 saturated heterocycles. The second-order valence-electron chi connectivity index (χ2n) is 4.73. The summed E-state index contributed by atoms with van der Waals surface area (Å²) in [6.45, 7) is 0.668. The maximum absolute atomic E-state index is 13.3. The van der Waals surface area contributed by atoms with Crippen LogP contribution in [0.3, 0.4) is 0 Å². The predicted molar refractivity (Wildman–Crippen MR) is 53.4 cm³/mol. The molecule has 0 aromatic carbocycles. The zero-order valence-corrected chi connectivity index (χ0v) is 9.41. The summed E-state index contributed by atoms with van der Waals surface area (Å²) in [6.07, 6.45) is -1.75. The minimum atomic E-state index is -4.24. The Morgan fingerprint density at radius 3 is 2.61 bits per heavy atom. The van der Waals surface area contributed by atoms with Gasteiger partial charge in [0.1, 0.15) is 0 Å². The zero-order valence-electron chi connectivity index (χ0n) is 9.41. The maximum Gasteiger partial charge on any atom is 0.365 e. The number of nitrogens with zero attached hydrogens (tertiary/aromatic N) is 3. The van der Waals surface area contributed by atoms with Crippen molar-refractivity contribution in [3.05, 3.63) is 11.6 Å². The van der Waals surface area contributed by atoms with Crippen molar-refractivity contribution >= 4 is 0 Å². The molecule has 1 saturated carbocycles. The molecule has 1 atom stereocenters. The number of rotatable bonds is 3. The summed E-state index contributed by atoms with van der Waals surface area (Å²) in [5.41, 5.74) is 0. The Kier molecular flexibility index (Phi) is 2.58. The number of aromatic nitrogens is 3. The monoisotopic (exact) mass is 264 g/mol. The number of hydrogen-bond donors (Lipinski definition) is 1. The molecule has 8 heteroatoms. The van der Waals surface area contributed by atoms with E-state index in [9.17, 15) is 17.6 Å². The molecule has 1 aromatic heterocycles. The van der Waals surface area contributed by atoms with Gasteiger partial charge in [0.25, 0.3) is 0 Å². The van der Waals surface area contributed by atoms with Gasteiger partial charge in [0.2, 0.25) is 5.82 Å². The van der Waals surface area contributed by atoms with Gasteiger partial charge in [-0.3, -0.25) is 0 Å². The highest BCUT2D eigenvalue weighted by Crippen LogP contribution is 2.43. The van der Waals surface area contributed by atoms with Crippen molar-refractivity contribution in [2.45, 2.75) is 37.8 Å². The molecule has 3 rings (SSSR count). The Labute approximate surface area is 100 Å². The van der Waals surface area contributed by atoms with Gasteiger partial charge in [-0.2, -0.15) is 8.78 Å². The van der Waals surface area contributed by atoms with Crippen molar-refractivity contribution in [2.75, 3.05) is 6.54 Å². The second-order valence-corrected chi connectivity index (χ2v) is 4.73. The van der Waals surface area contributed by atoms with Gasteiger partial charge in [-0.15, -0.1) is 10.2 Å². The first-order chi connectivity index (χ1) is 8.51. The first-order valence-electron chi connectivity index (χ1n) is 5.84. The first-order valence-corrected chi connectivity index (χ1v) is 5.84. The van der Waals surface area contributed by atoms with E-state index in [-0.39, 0.29) is 12.6 Å². The van der Waals surface area contributed by atoms with Crippen molar-refractivity contribution in [3.63, 3.8) is 0 Å². The number of fused-ring (bicyclic) bond motifs is 1. The Hall–Kier alpha value is -1.18. The van der Waals surface area contributed by atoms with Crippen LogP contribution in [0.5, 0.6) is 0 Å². The van der Waals surface area contributed by atoms with E-state index in [1.165, 1.54) is 0 Å². The van der Waals surface area contributed by atoms with Crippen LogP contribution in [0, 0.1) is 5.92 Å². The minimum Gasteiger partial charge on any atom is -0.307 e. The topological polar surface area (TPSA) is 42.7 Å². The quantitative estimate of drug-likeness (QED) is 0.845. The summed E-state index contributed by atoms with van der Waals surface area (Å²) in [5, 5.41) is 10.2. The van der Waals surface area contributed by atoms with Crippen LogP contribution in [0.25, 0.3) is 0 Å². The SMILES string of the molecule is FC(F)C(F)(F)c1nnc2n1CCNC2C1CC1. The molecule has 1 aromatic rings. The van der Waals surface area contributed by atoms with Crippen molar-refractivity contribution < 1.29 is 17.6 Å². The van der Waals surface area contributed by atoms with Gasteiger partial charge in [-0.1, -0.05) is 0 Å². The summed E-state index contributed by atoms with van der Waals surface area (Å²) in [6, 6.07) is -0.131. The molecule has 2 heterocycles. The smallest absolute Gasteiger partial charge is 0.307 e. The summed E-state index contributed by atoms with van der Waals surface area (Å²) < 4.78 is 52.6. The van der Waals surface area contributed by atoms with Crippen LogP contribution in [0.2, 0.25) is 0 Å². The van der Waals surface area contributed by atoms with Gasteiger partial charge in [-0.05, 0) is 18.8 Å². The first kappa shape index (κ1) is 11.9. The van der Waals surface area contributed by atoms with Gasteiger partial charge in [-0.25, -0.2) is 8.78 Å². The van der Waals surface area contributed by atoms with Crippen LogP contribution < -0.4 is 5.32 Å². The molecule has 1 unspecified atom stereocenters. The zero-order chi connectivity index (χ0) is 12.9. The van der Waals surface area contributed by atoms with E-state index >= 15 is 0 Å². The number of nitrogens with one attached hydrogen (secondary N) is 1. The molecule has 1 aliphatic heterocycles. The summed E-state index contributed by atoms with van der Waals surface area (Å²) in [7, 11) is 0. The fourth-order valence-corrected chi connectivity index (χ4v) is 2.34. The van der Waals surface area contributed by atoms with Crippen LogP contribution in [0.15, 0.2) is 0 Å². The molecule has 100 valence electrons. The second kappa shape index (κ2) is 3.91. The van der Waals surface area contributed by atoms with Crippen molar-refractivity contribution in [2.24, 2.45) is 5.92 Å². The standard InChI is InChI=1S/C10H12F4N4/c11-8(12)10(13,14)9-17-16-7-6(5-1-2-5)15-3-4-18(7)9/h5-6,8,15H,1-4H2. The van der Waals surface area contributed by atoms with Crippen molar-refractivity contribution in [1.82, 2.24) is 20.1 Å². The number of halogens is 4.